The van der Waals surface area contributed by atoms with E-state index in [0.29, 0.717) is 5.75 Å². The van der Waals surface area contributed by atoms with Crippen LogP contribution in [-0.2, 0) is 14.8 Å². The number of fused-ring (bicyclic) bond motifs is 1. The summed E-state index contributed by atoms with van der Waals surface area (Å²) in [6.07, 6.45) is 6.76. The molecule has 3 N–H and O–H groups in total. The summed E-state index contributed by atoms with van der Waals surface area (Å²) in [5.41, 5.74) is 0.101. The Morgan fingerprint density at radius 2 is 1.71 bits per heavy atom. The number of phenols is 1. The van der Waals surface area contributed by atoms with E-state index in [4.69, 9.17) is 9.84 Å². The van der Waals surface area contributed by atoms with Crippen LogP contribution in [0, 0.1) is 5.82 Å². The van der Waals surface area contributed by atoms with E-state index in [9.17, 15) is 22.7 Å². The molecule has 1 aliphatic rings. The topological polar surface area (TPSA) is 113 Å². The Morgan fingerprint density at radius 3 is 2.37 bits per heavy atom. The van der Waals surface area contributed by atoms with Gasteiger partial charge >= 0.3 is 5.97 Å². The number of aromatic hydroxyl groups is 1. The molecular formula is C25H26FNO6S2. The highest BCUT2D eigenvalue weighted by Gasteiger charge is 2.20. The Bertz CT molecular complexity index is 1320. The van der Waals surface area contributed by atoms with Crippen molar-refractivity contribution in [2.24, 2.45) is 0 Å². The predicted molar refractivity (Wildman–Crippen MR) is 133 cm³/mol. The average molecular weight is 520 g/mol. The number of carboxylic acid groups (broad SMARTS) is 1. The SMILES string of the molecule is O=C(O)CSc1cc(NS(=O)(=O)c2ccc(OC3CCCCCC3)cc2)c2ccc(F)cc2c1O. The van der Waals surface area contributed by atoms with Gasteiger partial charge in [0.15, 0.2) is 0 Å². The molecule has 0 unspecified atom stereocenters. The van der Waals surface area contributed by atoms with Crippen molar-refractivity contribution in [3.63, 3.8) is 0 Å². The number of benzene rings is 3. The largest absolute Gasteiger partial charge is 0.506 e. The molecule has 4 rings (SSSR count). The molecule has 35 heavy (non-hydrogen) atoms. The van der Waals surface area contributed by atoms with Crippen molar-refractivity contribution >= 4 is 44.2 Å². The molecule has 3 aromatic rings. The Morgan fingerprint density at radius 1 is 1.03 bits per heavy atom. The number of halogens is 1. The van der Waals surface area contributed by atoms with E-state index < -0.39 is 21.8 Å². The third kappa shape index (κ3) is 6.18. The average Bonchev–Trinajstić information content (AvgIpc) is 3.09. The molecule has 3 aromatic carbocycles. The summed E-state index contributed by atoms with van der Waals surface area (Å²) in [5.74, 6) is -1.79. The second-order valence-corrected chi connectivity index (χ2v) is 11.2. The first-order chi connectivity index (χ1) is 16.7. The molecule has 1 fully saturated rings. The Labute approximate surface area is 207 Å². The van der Waals surface area contributed by atoms with Crippen LogP contribution >= 0.6 is 11.8 Å². The van der Waals surface area contributed by atoms with Gasteiger partial charge in [-0.3, -0.25) is 9.52 Å². The Hall–Kier alpha value is -2.98. The second-order valence-electron chi connectivity index (χ2n) is 8.45. The molecule has 0 aromatic heterocycles. The van der Waals surface area contributed by atoms with Crippen LogP contribution in [0.15, 0.2) is 58.3 Å². The van der Waals surface area contributed by atoms with Gasteiger partial charge in [0, 0.05) is 10.8 Å². The first-order valence-corrected chi connectivity index (χ1v) is 13.8. The third-order valence-corrected chi connectivity index (χ3v) is 8.27. The molecule has 7 nitrogen and oxygen atoms in total. The number of phenolic OH excluding ortho intramolecular Hbond substituents is 1. The third-order valence-electron chi connectivity index (χ3n) is 5.87. The quantitative estimate of drug-likeness (QED) is 0.197. The monoisotopic (exact) mass is 519 g/mol. The summed E-state index contributed by atoms with van der Waals surface area (Å²) in [6.45, 7) is 0. The maximum absolute atomic E-state index is 13.9. The highest BCUT2D eigenvalue weighted by atomic mass is 32.2. The Balaban J connectivity index is 1.60. The van der Waals surface area contributed by atoms with Crippen LogP contribution < -0.4 is 9.46 Å². The molecule has 0 amide bonds. The van der Waals surface area contributed by atoms with Gasteiger partial charge < -0.3 is 14.9 Å². The van der Waals surface area contributed by atoms with Crippen LogP contribution in [0.1, 0.15) is 38.5 Å². The summed E-state index contributed by atoms with van der Waals surface area (Å²) >= 11 is 0.808. The summed E-state index contributed by atoms with van der Waals surface area (Å²) in [6, 6.07) is 11.1. The van der Waals surface area contributed by atoms with E-state index in [0.717, 1.165) is 49.6 Å². The summed E-state index contributed by atoms with van der Waals surface area (Å²) in [5, 5.41) is 19.9. The maximum Gasteiger partial charge on any atom is 0.313 e. The smallest absolute Gasteiger partial charge is 0.313 e. The molecule has 0 bridgehead atoms. The van der Waals surface area contributed by atoms with Crippen LogP contribution in [-0.4, -0.2) is 36.5 Å². The normalized spacial score (nSPS) is 15.0. The molecule has 0 radical (unpaired) electrons. The summed E-state index contributed by atoms with van der Waals surface area (Å²) in [4.78, 5) is 11.1. The van der Waals surface area contributed by atoms with E-state index >= 15 is 0 Å². The molecule has 0 heterocycles. The predicted octanol–water partition coefficient (Wildman–Crippen LogP) is 5.76. The van der Waals surface area contributed by atoms with Gasteiger partial charge in [0.05, 0.1) is 27.3 Å². The van der Waals surface area contributed by atoms with E-state index in [1.54, 1.807) is 12.1 Å². The van der Waals surface area contributed by atoms with Crippen LogP contribution in [0.4, 0.5) is 10.1 Å². The number of carboxylic acids is 1. The molecular weight excluding hydrogens is 493 g/mol. The minimum Gasteiger partial charge on any atom is -0.506 e. The van der Waals surface area contributed by atoms with Crippen molar-refractivity contribution in [3.8, 4) is 11.5 Å². The van der Waals surface area contributed by atoms with Gasteiger partial charge in [-0.2, -0.15) is 0 Å². The van der Waals surface area contributed by atoms with E-state index in [1.807, 2.05) is 0 Å². The number of nitrogens with one attached hydrogen (secondary N) is 1. The Kier molecular flexibility index (Phi) is 7.71. The molecule has 0 atom stereocenters. The number of hydrogen-bond acceptors (Lipinski definition) is 6. The van der Waals surface area contributed by atoms with Crippen molar-refractivity contribution in [1.29, 1.82) is 0 Å². The zero-order valence-corrected chi connectivity index (χ0v) is 20.5. The first-order valence-electron chi connectivity index (χ1n) is 11.3. The van der Waals surface area contributed by atoms with E-state index in [-0.39, 0.29) is 43.9 Å². The van der Waals surface area contributed by atoms with Crippen LogP contribution in [0.3, 0.4) is 0 Å². The molecule has 10 heteroatoms. The van der Waals surface area contributed by atoms with E-state index in [1.165, 1.54) is 37.1 Å². The molecule has 0 saturated heterocycles. The lowest BCUT2D eigenvalue weighted by Gasteiger charge is -2.17. The number of sulfonamides is 1. The lowest BCUT2D eigenvalue weighted by Crippen LogP contribution is -2.16. The summed E-state index contributed by atoms with van der Waals surface area (Å²) in [7, 11) is -4.04. The highest BCUT2D eigenvalue weighted by Crippen LogP contribution is 2.41. The van der Waals surface area contributed by atoms with E-state index in [2.05, 4.69) is 4.72 Å². The molecule has 0 spiro atoms. The van der Waals surface area contributed by atoms with Gasteiger partial charge in [-0.1, -0.05) is 12.8 Å². The molecule has 186 valence electrons. The van der Waals surface area contributed by atoms with Gasteiger partial charge in [0.2, 0.25) is 0 Å². The van der Waals surface area contributed by atoms with Crippen molar-refractivity contribution in [1.82, 2.24) is 0 Å². The number of thioether (sulfide) groups is 1. The number of carbonyl (C=O) groups is 1. The van der Waals surface area contributed by atoms with Crippen LogP contribution in [0.25, 0.3) is 10.8 Å². The van der Waals surface area contributed by atoms with Crippen molar-refractivity contribution in [2.75, 3.05) is 10.5 Å². The van der Waals surface area contributed by atoms with Gasteiger partial charge in [-0.05, 0) is 74.2 Å². The number of rotatable bonds is 8. The highest BCUT2D eigenvalue weighted by molar-refractivity contribution is 8.00. The number of anilines is 1. The second kappa shape index (κ2) is 10.7. The number of aliphatic carboxylic acids is 1. The molecule has 0 aliphatic heterocycles. The van der Waals surface area contributed by atoms with Crippen LogP contribution in [0.2, 0.25) is 0 Å². The lowest BCUT2D eigenvalue weighted by atomic mass is 10.1. The van der Waals surface area contributed by atoms with Crippen LogP contribution in [0.5, 0.6) is 11.5 Å². The molecule has 1 aliphatic carbocycles. The fourth-order valence-electron chi connectivity index (χ4n) is 4.14. The number of ether oxygens (including phenoxy) is 1. The lowest BCUT2D eigenvalue weighted by molar-refractivity contribution is -0.133. The number of hydrogen-bond donors (Lipinski definition) is 3. The molecule has 1 saturated carbocycles. The maximum atomic E-state index is 13.9. The van der Waals surface area contributed by atoms with Crippen molar-refractivity contribution in [3.05, 3.63) is 54.3 Å². The van der Waals surface area contributed by atoms with Crippen molar-refractivity contribution in [2.45, 2.75) is 54.4 Å². The zero-order valence-electron chi connectivity index (χ0n) is 18.9. The zero-order chi connectivity index (χ0) is 25.0. The van der Waals surface area contributed by atoms with Gasteiger partial charge in [0.1, 0.15) is 17.3 Å². The van der Waals surface area contributed by atoms with Gasteiger partial charge in [-0.25, -0.2) is 12.8 Å². The first kappa shape index (κ1) is 25.1. The van der Waals surface area contributed by atoms with Crippen molar-refractivity contribution < 1.29 is 32.6 Å². The minimum absolute atomic E-state index is 0.00814. The fraction of sp³-hybridized carbons (Fsp3) is 0.320. The summed E-state index contributed by atoms with van der Waals surface area (Å²) < 4.78 is 48.7. The minimum atomic E-state index is -4.04. The van der Waals surface area contributed by atoms with Gasteiger partial charge in [0.25, 0.3) is 10.0 Å². The fourth-order valence-corrected chi connectivity index (χ4v) is 5.94. The standard InChI is InChI=1S/C25H26FNO6S2/c26-16-7-12-20-21(13-16)25(30)23(34-15-24(28)29)14-22(20)27-35(31,32)19-10-8-18(9-11-19)33-17-5-3-1-2-4-6-17/h7-14,17,27,30H,1-6,15H2,(H,28,29). The van der Waals surface area contributed by atoms with Gasteiger partial charge in [-0.15, -0.1) is 11.8 Å².